The lowest BCUT2D eigenvalue weighted by Crippen LogP contribution is -2.51. The van der Waals surface area contributed by atoms with Gasteiger partial charge in [0.25, 0.3) is 0 Å². The van der Waals surface area contributed by atoms with Gasteiger partial charge < -0.3 is 14.4 Å². The third kappa shape index (κ3) is 6.10. The molecule has 0 aliphatic carbocycles. The largest absolute Gasteiger partial charge is 0.490 e. The van der Waals surface area contributed by atoms with E-state index in [1.807, 2.05) is 0 Å². The van der Waals surface area contributed by atoms with E-state index >= 15 is 0 Å². The van der Waals surface area contributed by atoms with Gasteiger partial charge in [0.2, 0.25) is 0 Å². The average Bonchev–Trinajstić information content (AvgIpc) is 2.75. The fourth-order valence-electron chi connectivity index (χ4n) is 5.12. The number of likely N-dealkylation sites (N-methyl/N-ethyl adjacent to an activating group) is 1. The van der Waals surface area contributed by atoms with E-state index in [1.165, 1.54) is 16.7 Å². The first-order valence-corrected chi connectivity index (χ1v) is 12.6. The van der Waals surface area contributed by atoms with Gasteiger partial charge in [-0.3, -0.25) is 4.90 Å². The number of benzene rings is 2. The molecule has 2 heterocycles. The van der Waals surface area contributed by atoms with Crippen LogP contribution in [0.25, 0.3) is 0 Å². The van der Waals surface area contributed by atoms with Gasteiger partial charge in [-0.05, 0) is 85.6 Å². The maximum atomic E-state index is 6.38. The molecule has 0 unspecified atom stereocenters. The van der Waals surface area contributed by atoms with Gasteiger partial charge in [-0.1, -0.05) is 45.9 Å². The monoisotopic (exact) mass is 450 g/mol. The zero-order chi connectivity index (χ0) is 23.6. The van der Waals surface area contributed by atoms with Crippen molar-refractivity contribution >= 4 is 0 Å². The van der Waals surface area contributed by atoms with Crippen LogP contribution in [0.15, 0.2) is 42.5 Å². The standard InChI is InChI=1S/C29H42N2O2/c1-21(2)28-17-26(33-27-19-31(6)20-27)11-10-22(28)18-29(3,4)23-8-7-9-25(16-23)32-24-12-14-30(5)15-13-24/h7-11,16-17,21,24,27H,12-15,18-20H2,1-6H3. The van der Waals surface area contributed by atoms with Crippen LogP contribution in [-0.4, -0.2) is 62.3 Å². The molecule has 0 spiro atoms. The molecule has 2 fully saturated rings. The molecule has 0 N–H and O–H groups in total. The quantitative estimate of drug-likeness (QED) is 0.530. The Balaban J connectivity index is 1.47. The van der Waals surface area contributed by atoms with Gasteiger partial charge >= 0.3 is 0 Å². The summed E-state index contributed by atoms with van der Waals surface area (Å²) in [4.78, 5) is 4.67. The van der Waals surface area contributed by atoms with E-state index in [1.54, 1.807) is 0 Å². The van der Waals surface area contributed by atoms with Gasteiger partial charge in [-0.2, -0.15) is 0 Å². The Morgan fingerprint density at radius 1 is 0.879 bits per heavy atom. The van der Waals surface area contributed by atoms with Gasteiger partial charge in [-0.25, -0.2) is 0 Å². The Labute approximate surface area is 200 Å². The molecule has 4 nitrogen and oxygen atoms in total. The van der Waals surface area contributed by atoms with Crippen LogP contribution in [0, 0.1) is 0 Å². The Morgan fingerprint density at radius 3 is 2.21 bits per heavy atom. The second kappa shape index (κ2) is 10.1. The molecule has 0 radical (unpaired) electrons. The highest BCUT2D eigenvalue weighted by atomic mass is 16.5. The van der Waals surface area contributed by atoms with Gasteiger partial charge in [0, 0.05) is 26.2 Å². The molecule has 33 heavy (non-hydrogen) atoms. The Bertz CT molecular complexity index is 925. The molecular weight excluding hydrogens is 408 g/mol. The van der Waals surface area contributed by atoms with Crippen LogP contribution < -0.4 is 9.47 Å². The molecular formula is C29H42N2O2. The second-order valence-corrected chi connectivity index (χ2v) is 11.2. The summed E-state index contributed by atoms with van der Waals surface area (Å²) in [5.74, 6) is 2.47. The van der Waals surface area contributed by atoms with E-state index in [0.29, 0.717) is 18.1 Å². The topological polar surface area (TPSA) is 24.9 Å². The maximum Gasteiger partial charge on any atom is 0.124 e. The minimum atomic E-state index is 0.00878. The van der Waals surface area contributed by atoms with Crippen LogP contribution in [-0.2, 0) is 11.8 Å². The van der Waals surface area contributed by atoms with E-state index in [0.717, 1.165) is 56.9 Å². The fourth-order valence-corrected chi connectivity index (χ4v) is 5.12. The van der Waals surface area contributed by atoms with Gasteiger partial charge in [0.1, 0.15) is 23.7 Å². The summed E-state index contributed by atoms with van der Waals surface area (Å²) in [7, 11) is 4.33. The molecule has 0 bridgehead atoms. The summed E-state index contributed by atoms with van der Waals surface area (Å²) in [6.07, 6.45) is 3.85. The first-order valence-electron chi connectivity index (χ1n) is 12.6. The Morgan fingerprint density at radius 2 is 1.55 bits per heavy atom. The van der Waals surface area contributed by atoms with Crippen LogP contribution >= 0.6 is 0 Å². The van der Waals surface area contributed by atoms with Crippen molar-refractivity contribution in [3.05, 3.63) is 59.2 Å². The molecule has 2 aliphatic rings. The SMILES string of the molecule is CC(C)c1cc(OC2CN(C)C2)ccc1CC(C)(C)c1cccc(OC2CCN(C)CC2)c1. The highest BCUT2D eigenvalue weighted by molar-refractivity contribution is 5.41. The van der Waals surface area contributed by atoms with Gasteiger partial charge in [0.15, 0.2) is 0 Å². The highest BCUT2D eigenvalue weighted by Crippen LogP contribution is 2.35. The highest BCUT2D eigenvalue weighted by Gasteiger charge is 2.27. The number of nitrogens with zero attached hydrogens (tertiary/aromatic N) is 2. The van der Waals surface area contributed by atoms with Crippen molar-refractivity contribution in [1.29, 1.82) is 0 Å². The molecule has 4 heteroatoms. The predicted molar refractivity (Wildman–Crippen MR) is 137 cm³/mol. The molecule has 0 aromatic heterocycles. The number of ether oxygens (including phenoxy) is 2. The van der Waals surface area contributed by atoms with Crippen LogP contribution in [0.3, 0.4) is 0 Å². The third-order valence-electron chi connectivity index (χ3n) is 7.29. The second-order valence-electron chi connectivity index (χ2n) is 11.2. The summed E-state index contributed by atoms with van der Waals surface area (Å²) in [6, 6.07) is 15.5. The summed E-state index contributed by atoms with van der Waals surface area (Å²) in [5.41, 5.74) is 4.15. The van der Waals surface area contributed by atoms with Crippen LogP contribution in [0.2, 0.25) is 0 Å². The normalized spacial score (nSPS) is 19.0. The van der Waals surface area contributed by atoms with Gasteiger partial charge in [0.05, 0.1) is 0 Å². The van der Waals surface area contributed by atoms with Crippen molar-refractivity contribution in [3.63, 3.8) is 0 Å². The molecule has 4 rings (SSSR count). The van der Waals surface area contributed by atoms with Gasteiger partial charge in [-0.15, -0.1) is 0 Å². The van der Waals surface area contributed by atoms with Crippen molar-refractivity contribution in [1.82, 2.24) is 9.80 Å². The summed E-state index contributed by atoms with van der Waals surface area (Å²) in [5, 5.41) is 0. The van der Waals surface area contributed by atoms with Crippen molar-refractivity contribution in [2.24, 2.45) is 0 Å². The fraction of sp³-hybridized carbons (Fsp3) is 0.586. The molecule has 0 amide bonds. The van der Waals surface area contributed by atoms with E-state index in [2.05, 4.69) is 94.1 Å². The molecule has 180 valence electrons. The van der Waals surface area contributed by atoms with E-state index in [-0.39, 0.29) is 5.41 Å². The summed E-state index contributed by atoms with van der Waals surface area (Å²) >= 11 is 0. The van der Waals surface area contributed by atoms with Crippen LogP contribution in [0.4, 0.5) is 0 Å². The molecule has 2 aromatic rings. The lowest BCUT2D eigenvalue weighted by molar-refractivity contribution is 0.0387. The zero-order valence-electron chi connectivity index (χ0n) is 21.4. The third-order valence-corrected chi connectivity index (χ3v) is 7.29. The summed E-state index contributed by atoms with van der Waals surface area (Å²) < 4.78 is 12.6. The van der Waals surface area contributed by atoms with Crippen molar-refractivity contribution in [3.8, 4) is 11.5 Å². The average molecular weight is 451 g/mol. The van der Waals surface area contributed by atoms with Crippen molar-refractivity contribution < 1.29 is 9.47 Å². The molecule has 0 atom stereocenters. The smallest absolute Gasteiger partial charge is 0.124 e. The molecule has 2 aromatic carbocycles. The zero-order valence-corrected chi connectivity index (χ0v) is 21.4. The lowest BCUT2D eigenvalue weighted by atomic mass is 9.77. The number of likely N-dealkylation sites (tertiary alicyclic amines) is 2. The molecule has 0 saturated carbocycles. The molecule has 2 aliphatic heterocycles. The number of piperidine rings is 1. The van der Waals surface area contributed by atoms with Crippen molar-refractivity contribution in [2.45, 2.75) is 70.5 Å². The number of rotatable bonds is 8. The van der Waals surface area contributed by atoms with Crippen molar-refractivity contribution in [2.75, 3.05) is 40.3 Å². The van der Waals surface area contributed by atoms with E-state index < -0.39 is 0 Å². The number of hydrogen-bond donors (Lipinski definition) is 0. The van der Waals surface area contributed by atoms with Crippen LogP contribution in [0.5, 0.6) is 11.5 Å². The maximum absolute atomic E-state index is 6.38. The minimum Gasteiger partial charge on any atom is -0.490 e. The first-order chi connectivity index (χ1) is 15.7. The Hall–Kier alpha value is -2.04. The lowest BCUT2D eigenvalue weighted by Gasteiger charge is -2.36. The van der Waals surface area contributed by atoms with E-state index in [4.69, 9.17) is 9.47 Å². The first kappa shape index (κ1) is 24.1. The summed E-state index contributed by atoms with van der Waals surface area (Å²) in [6.45, 7) is 13.5. The molecule has 2 saturated heterocycles. The van der Waals surface area contributed by atoms with Crippen LogP contribution in [0.1, 0.15) is 63.1 Å². The minimum absolute atomic E-state index is 0.00878. The van der Waals surface area contributed by atoms with E-state index in [9.17, 15) is 0 Å². The Kier molecular flexibility index (Phi) is 7.35. The number of hydrogen-bond acceptors (Lipinski definition) is 4. The predicted octanol–water partition coefficient (Wildman–Crippen LogP) is 5.50.